The Morgan fingerprint density at radius 3 is 2.29 bits per heavy atom. The topological polar surface area (TPSA) is 187 Å². The van der Waals surface area contributed by atoms with Gasteiger partial charge in [0.25, 0.3) is 0 Å². The van der Waals surface area contributed by atoms with E-state index in [0.717, 1.165) is 60.5 Å². The summed E-state index contributed by atoms with van der Waals surface area (Å²) in [4.78, 5) is 67.2. The maximum atomic E-state index is 15.1. The van der Waals surface area contributed by atoms with Gasteiger partial charge in [-0.15, -0.1) is 0 Å². The Bertz CT molecular complexity index is 2690. The highest BCUT2D eigenvalue weighted by Crippen LogP contribution is 2.36. The lowest BCUT2D eigenvalue weighted by atomic mass is 9.89. The normalized spacial score (nSPS) is 18.9. The summed E-state index contributed by atoms with van der Waals surface area (Å²) in [5, 5.41) is 14.8. The van der Waals surface area contributed by atoms with Crippen molar-refractivity contribution in [3.05, 3.63) is 94.1 Å². The van der Waals surface area contributed by atoms with Gasteiger partial charge in [-0.2, -0.15) is 5.10 Å². The van der Waals surface area contributed by atoms with Crippen LogP contribution in [0.25, 0.3) is 22.2 Å². The number of piperazine rings is 1. The van der Waals surface area contributed by atoms with Gasteiger partial charge in [0.2, 0.25) is 23.6 Å². The average molecular weight is 1030 g/mol. The molecule has 4 aliphatic heterocycles. The monoisotopic (exact) mass is 1030 g/mol. The van der Waals surface area contributed by atoms with E-state index in [9.17, 15) is 19.2 Å². The first-order valence-corrected chi connectivity index (χ1v) is 25.7. The second kappa shape index (κ2) is 23.7. The molecule has 0 radical (unpaired) electrons. The number of nitrogens with zero attached hydrogens (tertiary/aromatic N) is 7. The van der Waals surface area contributed by atoms with Crippen LogP contribution >= 0.6 is 23.2 Å². The summed E-state index contributed by atoms with van der Waals surface area (Å²) in [6.45, 7) is 9.74. The minimum Gasteiger partial charge on any atom is -0.486 e. The van der Waals surface area contributed by atoms with Crippen molar-refractivity contribution < 1.29 is 37.8 Å². The maximum absolute atomic E-state index is 15.1. The number of anilines is 2. The summed E-state index contributed by atoms with van der Waals surface area (Å²) < 4.78 is 32.9. The van der Waals surface area contributed by atoms with Crippen molar-refractivity contribution in [3.8, 4) is 17.0 Å². The van der Waals surface area contributed by atoms with Crippen LogP contribution in [-0.4, -0.2) is 150 Å². The number of carbonyl (C=O) groups is 4. The van der Waals surface area contributed by atoms with Crippen molar-refractivity contribution in [2.75, 3.05) is 95.5 Å². The van der Waals surface area contributed by atoms with E-state index in [1.165, 1.54) is 6.07 Å². The lowest BCUT2D eigenvalue weighted by Gasteiger charge is -2.39. The first kappa shape index (κ1) is 51.0. The number of amides is 4. The molecule has 2 aromatic carbocycles. The molecule has 5 aromatic rings. The van der Waals surface area contributed by atoms with Crippen LogP contribution in [0.5, 0.6) is 5.75 Å². The van der Waals surface area contributed by atoms with E-state index < -0.39 is 12.1 Å². The van der Waals surface area contributed by atoms with Crippen LogP contribution in [-0.2, 0) is 28.7 Å². The zero-order valence-corrected chi connectivity index (χ0v) is 41.9. The number of imide groups is 1. The van der Waals surface area contributed by atoms with E-state index in [0.29, 0.717) is 118 Å². The highest BCUT2D eigenvalue weighted by Gasteiger charge is 2.33. The van der Waals surface area contributed by atoms with Gasteiger partial charge in [0.15, 0.2) is 0 Å². The van der Waals surface area contributed by atoms with Gasteiger partial charge in [-0.1, -0.05) is 29.3 Å². The number of hydrogen-bond acceptors (Lipinski definition) is 13. The fourth-order valence-electron chi connectivity index (χ4n) is 10.1. The minimum atomic E-state index is -0.554. The van der Waals surface area contributed by atoms with Gasteiger partial charge in [-0.25, -0.2) is 9.37 Å². The number of aromatic amines is 1. The zero-order chi connectivity index (χ0) is 50.1. The van der Waals surface area contributed by atoms with Gasteiger partial charge in [-0.05, 0) is 106 Å². The average Bonchev–Trinajstić information content (AvgIpc) is 3.81. The van der Waals surface area contributed by atoms with Crippen LogP contribution in [0.2, 0.25) is 10.0 Å². The van der Waals surface area contributed by atoms with E-state index in [1.807, 2.05) is 53.3 Å². The molecule has 17 nitrogen and oxygen atoms in total. The molecule has 4 saturated heterocycles. The molecule has 382 valence electrons. The standard InChI is InChI=1S/C52H61Cl2FN10O7/c1-33(49-41(53)31-56-32-42(49)54)72-38-4-6-44-40(29-38)50(61-60-44)36-2-8-46(57-30-36)63-19-21-65(22-20-63)52(69)35-12-17-64(18-13-35)48(67)14-24-70-26-27-71-25-23-62-15-10-34(11-16-62)39-5-3-37(28-43(39)55)58-45-7-9-47(66)59-51(45)68/h2-6,8,28-35,45,58H,7,9-27H2,1H3,(H,60,61)(H,59,66,68)/t33-,45?/m1/s1. The molecule has 0 spiro atoms. The van der Waals surface area contributed by atoms with Crippen LogP contribution in [0.3, 0.4) is 0 Å². The van der Waals surface area contributed by atoms with E-state index in [4.69, 9.17) is 42.4 Å². The van der Waals surface area contributed by atoms with Crippen LogP contribution in [0.4, 0.5) is 15.9 Å². The van der Waals surface area contributed by atoms with Crippen molar-refractivity contribution >= 4 is 69.2 Å². The third kappa shape index (κ3) is 12.5. The molecule has 3 aromatic heterocycles. The Morgan fingerprint density at radius 1 is 0.833 bits per heavy atom. The Hall–Kier alpha value is -5.92. The number of H-pyrrole nitrogens is 1. The smallest absolute Gasteiger partial charge is 0.249 e. The number of aromatic nitrogens is 4. The molecule has 3 N–H and O–H groups in total. The fraction of sp³-hybridized carbons (Fsp3) is 0.481. The zero-order valence-electron chi connectivity index (χ0n) is 40.4. The van der Waals surface area contributed by atoms with Gasteiger partial charge in [0, 0.05) is 98.9 Å². The van der Waals surface area contributed by atoms with Crippen molar-refractivity contribution in [2.45, 2.75) is 69.9 Å². The number of rotatable bonds is 18. The number of piperidine rings is 3. The van der Waals surface area contributed by atoms with E-state index in [2.05, 4.69) is 35.6 Å². The number of hydrogen-bond donors (Lipinski definition) is 3. The maximum Gasteiger partial charge on any atom is 0.249 e. The summed E-state index contributed by atoms with van der Waals surface area (Å²) >= 11 is 12.7. The first-order valence-electron chi connectivity index (χ1n) is 25.0. The van der Waals surface area contributed by atoms with Crippen molar-refractivity contribution in [1.29, 1.82) is 0 Å². The molecule has 20 heteroatoms. The molecular weight excluding hydrogens is 967 g/mol. The van der Waals surface area contributed by atoms with Crippen LogP contribution in [0, 0.1) is 11.7 Å². The Morgan fingerprint density at radius 2 is 1.58 bits per heavy atom. The molecular formula is C52H61Cl2FN10O7. The molecule has 0 aliphatic carbocycles. The lowest BCUT2D eigenvalue weighted by Crippen LogP contribution is -2.52. The summed E-state index contributed by atoms with van der Waals surface area (Å²) in [5.41, 5.74) is 4.36. The lowest BCUT2D eigenvalue weighted by molar-refractivity contribution is -0.141. The van der Waals surface area contributed by atoms with Crippen molar-refractivity contribution in [3.63, 3.8) is 0 Å². The number of fused-ring (bicyclic) bond motifs is 1. The largest absolute Gasteiger partial charge is 0.486 e. The predicted molar refractivity (Wildman–Crippen MR) is 272 cm³/mol. The molecule has 1 unspecified atom stereocenters. The number of halogens is 3. The van der Waals surface area contributed by atoms with Crippen LogP contribution in [0.15, 0.2) is 67.1 Å². The fourth-order valence-corrected chi connectivity index (χ4v) is 10.8. The van der Waals surface area contributed by atoms with Gasteiger partial charge in [-0.3, -0.25) is 34.6 Å². The van der Waals surface area contributed by atoms with Gasteiger partial charge in [0.1, 0.15) is 35.2 Å². The number of carbonyl (C=O) groups excluding carboxylic acids is 4. The number of likely N-dealkylation sites (tertiary alicyclic amines) is 2. The van der Waals surface area contributed by atoms with Crippen LogP contribution < -0.4 is 20.3 Å². The highest BCUT2D eigenvalue weighted by atomic mass is 35.5. The molecule has 4 amide bonds. The number of ether oxygens (including phenoxy) is 3. The number of nitrogens with one attached hydrogen (secondary N) is 3. The van der Waals surface area contributed by atoms with E-state index in [-0.39, 0.29) is 54.1 Å². The molecule has 2 atom stereocenters. The first-order chi connectivity index (χ1) is 35.0. The number of benzene rings is 2. The summed E-state index contributed by atoms with van der Waals surface area (Å²) in [6.07, 6.45) is 8.42. The SMILES string of the molecule is C[C@@H](Oc1ccc2[nH]nc(-c3ccc(N4CCN(C(=O)C5CCN(C(=O)CCOCCOCCN6CCC(c7ccc(NC8CCC(=O)NC8=O)cc7F)CC6)CC5)CC4)nc3)c2c1)c1c(Cl)cncc1Cl. The van der Waals surface area contributed by atoms with Crippen LogP contribution in [0.1, 0.15) is 75.0 Å². The third-order valence-electron chi connectivity index (χ3n) is 14.3. The van der Waals surface area contributed by atoms with Gasteiger partial charge < -0.3 is 39.1 Å². The van der Waals surface area contributed by atoms with E-state index >= 15 is 4.39 Å². The molecule has 4 fully saturated rings. The molecule has 0 saturated carbocycles. The Kier molecular flexibility index (Phi) is 16.8. The highest BCUT2D eigenvalue weighted by molar-refractivity contribution is 6.35. The third-order valence-corrected chi connectivity index (χ3v) is 14.9. The number of pyridine rings is 2. The quantitative estimate of drug-likeness (QED) is 0.0602. The Labute approximate surface area is 428 Å². The summed E-state index contributed by atoms with van der Waals surface area (Å²) in [5.74, 6) is 0.748. The molecule has 7 heterocycles. The molecule has 0 bridgehead atoms. The van der Waals surface area contributed by atoms with Crippen molar-refractivity contribution in [1.82, 2.24) is 40.2 Å². The molecule has 4 aliphatic rings. The summed E-state index contributed by atoms with van der Waals surface area (Å²) in [6, 6.07) is 14.2. The molecule has 9 rings (SSSR count). The van der Waals surface area contributed by atoms with E-state index in [1.54, 1.807) is 24.5 Å². The minimum absolute atomic E-state index is 0.0411. The second-order valence-corrected chi connectivity index (χ2v) is 19.7. The predicted octanol–water partition coefficient (Wildman–Crippen LogP) is 7.01. The second-order valence-electron chi connectivity index (χ2n) is 18.9. The van der Waals surface area contributed by atoms with Gasteiger partial charge >= 0.3 is 0 Å². The van der Waals surface area contributed by atoms with Gasteiger partial charge in [0.05, 0.1) is 48.4 Å². The Balaban J connectivity index is 0.621. The van der Waals surface area contributed by atoms with Crippen molar-refractivity contribution in [2.24, 2.45) is 5.92 Å². The molecule has 72 heavy (non-hydrogen) atoms. The summed E-state index contributed by atoms with van der Waals surface area (Å²) in [7, 11) is 0.